The van der Waals surface area contributed by atoms with Gasteiger partial charge in [-0.05, 0) is 37.6 Å². The van der Waals surface area contributed by atoms with Crippen LogP contribution in [0.2, 0.25) is 0 Å². The summed E-state index contributed by atoms with van der Waals surface area (Å²) in [5, 5.41) is 0. The second kappa shape index (κ2) is 8.11. The van der Waals surface area contributed by atoms with E-state index in [1.807, 2.05) is 25.1 Å². The highest BCUT2D eigenvalue weighted by molar-refractivity contribution is 6.09. The van der Waals surface area contributed by atoms with Gasteiger partial charge in [0.15, 0.2) is 5.78 Å². The Morgan fingerprint density at radius 2 is 1.75 bits per heavy atom. The number of hydrogen-bond donors (Lipinski definition) is 0. The number of aryl methyl sites for hydroxylation is 1. The van der Waals surface area contributed by atoms with Gasteiger partial charge in [-0.25, -0.2) is 4.79 Å². The Bertz CT molecular complexity index is 747. The summed E-state index contributed by atoms with van der Waals surface area (Å²) in [6, 6.07) is 14.4. The van der Waals surface area contributed by atoms with Crippen LogP contribution in [0, 0.1) is 6.92 Å². The predicted molar refractivity (Wildman–Crippen MR) is 92.3 cm³/mol. The average molecular weight is 324 g/mol. The first-order chi connectivity index (χ1) is 11.5. The molecule has 2 aromatic rings. The van der Waals surface area contributed by atoms with E-state index in [9.17, 15) is 9.59 Å². The maximum Gasteiger partial charge on any atom is 0.333 e. The van der Waals surface area contributed by atoms with Gasteiger partial charge >= 0.3 is 5.97 Å². The van der Waals surface area contributed by atoms with Gasteiger partial charge in [-0.2, -0.15) is 0 Å². The van der Waals surface area contributed by atoms with E-state index >= 15 is 0 Å². The van der Waals surface area contributed by atoms with E-state index in [1.165, 1.54) is 0 Å². The molecular formula is C20H20O4. The third kappa shape index (κ3) is 4.56. The molecule has 0 fully saturated rings. The van der Waals surface area contributed by atoms with Crippen molar-refractivity contribution in [2.24, 2.45) is 0 Å². The van der Waals surface area contributed by atoms with E-state index in [0.717, 1.165) is 5.56 Å². The van der Waals surface area contributed by atoms with E-state index < -0.39 is 5.97 Å². The lowest BCUT2D eigenvalue weighted by Gasteiger charge is -2.10. The van der Waals surface area contributed by atoms with E-state index in [1.54, 1.807) is 37.3 Å². The topological polar surface area (TPSA) is 52.6 Å². The van der Waals surface area contributed by atoms with Crippen LogP contribution >= 0.6 is 0 Å². The summed E-state index contributed by atoms with van der Waals surface area (Å²) in [7, 11) is 0. The zero-order valence-electron chi connectivity index (χ0n) is 13.9. The molecule has 0 aliphatic carbocycles. The highest BCUT2D eigenvalue weighted by Gasteiger charge is 2.12. The molecule has 0 amide bonds. The monoisotopic (exact) mass is 324 g/mol. The van der Waals surface area contributed by atoms with Crippen molar-refractivity contribution >= 4 is 11.8 Å². The summed E-state index contributed by atoms with van der Waals surface area (Å²) in [4.78, 5) is 23.7. The molecular weight excluding hydrogens is 304 g/mol. The van der Waals surface area contributed by atoms with Crippen molar-refractivity contribution < 1.29 is 19.1 Å². The number of carbonyl (C=O) groups is 2. The highest BCUT2D eigenvalue weighted by atomic mass is 16.6. The molecule has 4 nitrogen and oxygen atoms in total. The predicted octanol–water partition coefficient (Wildman–Crippen LogP) is 3.72. The number of carbonyl (C=O) groups excluding carboxylic acids is 2. The fourth-order valence-electron chi connectivity index (χ4n) is 2.14. The molecule has 0 heterocycles. The Kier molecular flexibility index (Phi) is 5.90. The van der Waals surface area contributed by atoms with Crippen LogP contribution in [-0.4, -0.2) is 25.0 Å². The minimum absolute atomic E-state index is 0.0185. The van der Waals surface area contributed by atoms with Crippen LogP contribution in [0.3, 0.4) is 0 Å². The molecule has 0 unspecified atom stereocenters. The van der Waals surface area contributed by atoms with Crippen LogP contribution in [0.4, 0.5) is 0 Å². The van der Waals surface area contributed by atoms with Gasteiger partial charge in [0, 0.05) is 16.7 Å². The number of rotatable bonds is 7. The number of ketones is 1. The normalized spacial score (nSPS) is 10.1. The fraction of sp³-hybridized carbons (Fsp3) is 0.200. The number of ether oxygens (including phenoxy) is 2. The molecule has 0 saturated heterocycles. The lowest BCUT2D eigenvalue weighted by atomic mass is 9.99. The molecule has 0 aliphatic heterocycles. The summed E-state index contributed by atoms with van der Waals surface area (Å²) in [6.07, 6.45) is 0. The summed E-state index contributed by atoms with van der Waals surface area (Å²) in [5.74, 6) is 0.178. The van der Waals surface area contributed by atoms with E-state index in [4.69, 9.17) is 9.47 Å². The number of hydrogen-bond acceptors (Lipinski definition) is 4. The first-order valence-electron chi connectivity index (χ1n) is 7.65. The van der Waals surface area contributed by atoms with Crippen LogP contribution in [0.25, 0.3) is 0 Å². The molecule has 4 heteroatoms. The van der Waals surface area contributed by atoms with Gasteiger partial charge in [-0.15, -0.1) is 0 Å². The molecule has 0 atom stereocenters. The van der Waals surface area contributed by atoms with Crippen LogP contribution in [0.5, 0.6) is 5.75 Å². The summed E-state index contributed by atoms with van der Waals surface area (Å²) >= 11 is 0. The van der Waals surface area contributed by atoms with Gasteiger partial charge in [-0.1, -0.05) is 36.9 Å². The summed E-state index contributed by atoms with van der Waals surface area (Å²) < 4.78 is 10.5. The van der Waals surface area contributed by atoms with Crippen LogP contribution in [0.1, 0.15) is 28.4 Å². The van der Waals surface area contributed by atoms with Gasteiger partial charge in [-0.3, -0.25) is 4.79 Å². The van der Waals surface area contributed by atoms with Gasteiger partial charge in [0.05, 0.1) is 0 Å². The third-order valence-electron chi connectivity index (χ3n) is 3.41. The van der Waals surface area contributed by atoms with Gasteiger partial charge in [0.1, 0.15) is 19.0 Å². The first kappa shape index (κ1) is 17.5. The molecule has 2 rings (SSSR count). The minimum Gasteiger partial charge on any atom is -0.490 e. The zero-order valence-corrected chi connectivity index (χ0v) is 13.9. The van der Waals surface area contributed by atoms with E-state index in [0.29, 0.717) is 22.4 Å². The van der Waals surface area contributed by atoms with Crippen LogP contribution in [0.15, 0.2) is 60.7 Å². The lowest BCUT2D eigenvalue weighted by molar-refractivity contribution is -0.139. The number of benzene rings is 2. The molecule has 0 spiro atoms. The summed E-state index contributed by atoms with van der Waals surface area (Å²) in [5.41, 5.74) is 2.48. The highest BCUT2D eigenvalue weighted by Crippen LogP contribution is 2.20. The van der Waals surface area contributed by atoms with Crippen molar-refractivity contribution in [3.8, 4) is 5.75 Å². The van der Waals surface area contributed by atoms with Crippen molar-refractivity contribution in [2.45, 2.75) is 13.8 Å². The Morgan fingerprint density at radius 1 is 1.04 bits per heavy atom. The van der Waals surface area contributed by atoms with Gasteiger partial charge in [0.2, 0.25) is 0 Å². The second-order valence-electron chi connectivity index (χ2n) is 5.44. The molecule has 0 radical (unpaired) electrons. The smallest absolute Gasteiger partial charge is 0.333 e. The second-order valence-corrected chi connectivity index (χ2v) is 5.44. The van der Waals surface area contributed by atoms with Crippen molar-refractivity contribution in [1.82, 2.24) is 0 Å². The maximum absolute atomic E-state index is 12.5. The van der Waals surface area contributed by atoms with E-state index in [-0.39, 0.29) is 19.0 Å². The Morgan fingerprint density at radius 3 is 2.38 bits per heavy atom. The maximum atomic E-state index is 12.5. The third-order valence-corrected chi connectivity index (χ3v) is 3.41. The Labute approximate surface area is 141 Å². The van der Waals surface area contributed by atoms with E-state index in [2.05, 4.69) is 6.58 Å². The van der Waals surface area contributed by atoms with Crippen LogP contribution < -0.4 is 4.74 Å². The standard InChI is InChI=1S/C20H20O4/c1-14(2)20(22)24-12-11-23-17-9-10-18(15(3)13-17)19(21)16-7-5-4-6-8-16/h4-10,13H,1,11-12H2,2-3H3. The zero-order chi connectivity index (χ0) is 17.5. The van der Waals surface area contributed by atoms with Crippen molar-refractivity contribution in [3.05, 3.63) is 77.4 Å². The first-order valence-corrected chi connectivity index (χ1v) is 7.65. The van der Waals surface area contributed by atoms with Crippen LogP contribution in [-0.2, 0) is 9.53 Å². The SMILES string of the molecule is C=C(C)C(=O)OCCOc1ccc(C(=O)c2ccccc2)c(C)c1. The van der Waals surface area contributed by atoms with Crippen molar-refractivity contribution in [3.63, 3.8) is 0 Å². The van der Waals surface area contributed by atoms with Gasteiger partial charge in [0.25, 0.3) is 0 Å². The van der Waals surface area contributed by atoms with Gasteiger partial charge < -0.3 is 9.47 Å². The Hall–Kier alpha value is -2.88. The lowest BCUT2D eigenvalue weighted by Crippen LogP contribution is -2.12. The molecule has 2 aromatic carbocycles. The molecule has 0 saturated carbocycles. The van der Waals surface area contributed by atoms with Crippen molar-refractivity contribution in [1.29, 1.82) is 0 Å². The molecule has 124 valence electrons. The largest absolute Gasteiger partial charge is 0.490 e. The quantitative estimate of drug-likeness (QED) is 0.337. The molecule has 0 bridgehead atoms. The molecule has 0 N–H and O–H groups in total. The summed E-state index contributed by atoms with van der Waals surface area (Å²) in [6.45, 7) is 7.35. The molecule has 0 aromatic heterocycles. The number of esters is 1. The Balaban J connectivity index is 1.96. The molecule has 0 aliphatic rings. The minimum atomic E-state index is -0.432. The average Bonchev–Trinajstić information content (AvgIpc) is 2.58. The van der Waals surface area contributed by atoms with Crippen molar-refractivity contribution in [2.75, 3.05) is 13.2 Å². The fourth-order valence-corrected chi connectivity index (χ4v) is 2.14. The molecule has 24 heavy (non-hydrogen) atoms.